The Morgan fingerprint density at radius 1 is 1.29 bits per heavy atom. The van der Waals surface area contributed by atoms with E-state index in [1.807, 2.05) is 7.05 Å². The number of ether oxygens (including phenoxy) is 1. The third-order valence-electron chi connectivity index (χ3n) is 9.24. The molecular weight excluding hydrogens is 539 g/mol. The smallest absolute Gasteiger partial charge is 0.381 e. The lowest BCUT2D eigenvalue weighted by atomic mass is 9.78. The number of methoxy groups -OCH3 is 1. The maximum Gasteiger partial charge on any atom is 0.417 e. The summed E-state index contributed by atoms with van der Waals surface area (Å²) in [6, 6.07) is -0.487. The van der Waals surface area contributed by atoms with Crippen LogP contribution in [0.1, 0.15) is 80.9 Å². The first-order valence-electron chi connectivity index (χ1n) is 14.3. The van der Waals surface area contributed by atoms with Gasteiger partial charge in [-0.2, -0.15) is 23.4 Å². The molecule has 1 spiro atoms. The maximum atomic E-state index is 13.5. The zero-order chi connectivity index (χ0) is 29.3. The molecule has 3 N–H and O–H groups in total. The predicted molar refractivity (Wildman–Crippen MR) is 146 cm³/mol. The number of carbonyl (C=O) groups excluding carboxylic acids is 1. The van der Waals surface area contributed by atoms with Crippen LogP contribution in [-0.4, -0.2) is 85.0 Å². The second-order valence-electron chi connectivity index (χ2n) is 12.7. The third-order valence-corrected chi connectivity index (χ3v) is 9.24. The van der Waals surface area contributed by atoms with Gasteiger partial charge in [0.05, 0.1) is 35.1 Å². The number of carbonyl (C=O) groups is 1. The van der Waals surface area contributed by atoms with Gasteiger partial charge in [-0.15, -0.1) is 0 Å². The molecule has 2 aliphatic heterocycles. The van der Waals surface area contributed by atoms with Crippen LogP contribution in [0.25, 0.3) is 11.8 Å². The number of nitrogens with zero attached hydrogens (tertiary/aromatic N) is 5. The number of nitrogens with one attached hydrogen (secondary N) is 2. The Kier molecular flexibility index (Phi) is 6.68. The molecular formula is C28H38F3N7O3. The number of halogens is 3. The van der Waals surface area contributed by atoms with Crippen LogP contribution in [0, 0.1) is 5.92 Å². The molecule has 0 radical (unpaired) electrons. The summed E-state index contributed by atoms with van der Waals surface area (Å²) in [6.07, 6.45) is 0.855. The number of anilines is 1. The van der Waals surface area contributed by atoms with Gasteiger partial charge in [-0.05, 0) is 37.7 Å². The number of aromatic nitrogens is 4. The van der Waals surface area contributed by atoms with Crippen LogP contribution in [0.5, 0.6) is 0 Å². The molecule has 2 amide bonds. The van der Waals surface area contributed by atoms with Gasteiger partial charge in [0, 0.05) is 63.7 Å². The van der Waals surface area contributed by atoms with Crippen LogP contribution < -0.4 is 5.32 Å². The summed E-state index contributed by atoms with van der Waals surface area (Å²) in [4.78, 5) is 16.9. The van der Waals surface area contributed by atoms with E-state index in [1.165, 1.54) is 16.7 Å². The van der Waals surface area contributed by atoms with Crippen LogP contribution in [0.15, 0.2) is 6.20 Å². The van der Waals surface area contributed by atoms with Crippen molar-refractivity contribution in [1.82, 2.24) is 29.8 Å². The van der Waals surface area contributed by atoms with E-state index in [4.69, 9.17) is 9.84 Å². The SMILES string of the molecule is COC1CC(c2nn(CC(C)C)c3c2CN(C)C(c2[nH]ncc2NC(=O)N2CCC(O)(C(F)(F)F)CC24CC4)=C3)C1. The number of urea groups is 1. The highest BCUT2D eigenvalue weighted by Gasteiger charge is 2.65. The van der Waals surface area contributed by atoms with Crippen molar-refractivity contribution in [2.24, 2.45) is 5.92 Å². The van der Waals surface area contributed by atoms with Gasteiger partial charge < -0.3 is 25.0 Å². The zero-order valence-electron chi connectivity index (χ0n) is 23.9. The third kappa shape index (κ3) is 4.80. The Balaban J connectivity index is 1.26. The molecule has 41 heavy (non-hydrogen) atoms. The Hall–Kier alpha value is -3.06. The van der Waals surface area contributed by atoms with Crippen molar-refractivity contribution in [1.29, 1.82) is 0 Å². The molecule has 4 heterocycles. The van der Waals surface area contributed by atoms with Gasteiger partial charge in [-0.25, -0.2) is 4.79 Å². The number of likely N-dealkylation sites (tertiary alicyclic amines) is 1. The lowest BCUT2D eigenvalue weighted by Gasteiger charge is -2.45. The Morgan fingerprint density at radius 3 is 2.66 bits per heavy atom. The van der Waals surface area contributed by atoms with Crippen molar-refractivity contribution in [3.05, 3.63) is 28.8 Å². The lowest BCUT2D eigenvalue weighted by molar-refractivity contribution is -0.277. The summed E-state index contributed by atoms with van der Waals surface area (Å²) < 4.78 is 48.2. The maximum absolute atomic E-state index is 13.5. The van der Waals surface area contributed by atoms with Gasteiger partial charge >= 0.3 is 12.2 Å². The first-order valence-corrected chi connectivity index (χ1v) is 14.3. The monoisotopic (exact) mass is 577 g/mol. The molecule has 13 heteroatoms. The molecule has 224 valence electrons. The number of hydrogen-bond acceptors (Lipinski definition) is 6. The van der Waals surface area contributed by atoms with Gasteiger partial charge in [-0.1, -0.05) is 13.8 Å². The molecule has 2 saturated carbocycles. The molecule has 1 atom stereocenters. The predicted octanol–water partition coefficient (Wildman–Crippen LogP) is 4.55. The summed E-state index contributed by atoms with van der Waals surface area (Å²) in [5, 5.41) is 25.4. The fourth-order valence-corrected chi connectivity index (χ4v) is 6.65. The van der Waals surface area contributed by atoms with Crippen LogP contribution >= 0.6 is 0 Å². The lowest BCUT2D eigenvalue weighted by Crippen LogP contribution is -2.60. The molecule has 0 bridgehead atoms. The Morgan fingerprint density at radius 2 is 2.02 bits per heavy atom. The molecule has 1 unspecified atom stereocenters. The minimum Gasteiger partial charge on any atom is -0.381 e. The van der Waals surface area contributed by atoms with E-state index in [1.54, 1.807) is 7.11 Å². The number of H-pyrrole nitrogens is 1. The number of piperidine rings is 1. The summed E-state index contributed by atoms with van der Waals surface area (Å²) in [5.41, 5.74) is 1.50. The van der Waals surface area contributed by atoms with Crippen LogP contribution in [0.2, 0.25) is 0 Å². The minimum absolute atomic E-state index is 0.177. The summed E-state index contributed by atoms with van der Waals surface area (Å²) in [7, 11) is 3.72. The van der Waals surface area contributed by atoms with Gasteiger partial charge in [0.2, 0.25) is 0 Å². The van der Waals surface area contributed by atoms with Gasteiger partial charge in [0.25, 0.3) is 0 Å². The number of aromatic amines is 1. The van der Waals surface area contributed by atoms with Crippen molar-refractivity contribution < 1.29 is 27.8 Å². The second kappa shape index (κ2) is 9.75. The van der Waals surface area contributed by atoms with Gasteiger partial charge in [0.15, 0.2) is 5.60 Å². The second-order valence-corrected chi connectivity index (χ2v) is 12.7. The quantitative estimate of drug-likeness (QED) is 0.465. The van der Waals surface area contributed by atoms with Crippen LogP contribution in [-0.2, 0) is 17.8 Å². The molecule has 1 saturated heterocycles. The van der Waals surface area contributed by atoms with E-state index in [2.05, 4.69) is 45.0 Å². The van der Waals surface area contributed by atoms with Gasteiger partial charge in [0.1, 0.15) is 5.69 Å². The number of aliphatic hydroxyl groups is 1. The van der Waals surface area contributed by atoms with E-state index in [0.29, 0.717) is 42.6 Å². The first-order chi connectivity index (χ1) is 19.3. The normalized spacial score (nSPS) is 27.1. The average Bonchev–Trinajstić information content (AvgIpc) is 3.31. The number of hydrogen-bond donors (Lipinski definition) is 3. The molecule has 4 aliphatic rings. The van der Waals surface area contributed by atoms with Crippen LogP contribution in [0.4, 0.5) is 23.7 Å². The largest absolute Gasteiger partial charge is 0.417 e. The number of rotatable bonds is 6. The first kappa shape index (κ1) is 28.1. The summed E-state index contributed by atoms with van der Waals surface area (Å²) in [5.74, 6) is 0.759. The number of amides is 2. The van der Waals surface area contributed by atoms with Crippen molar-refractivity contribution in [3.63, 3.8) is 0 Å². The Labute approximate surface area is 236 Å². The number of alkyl halides is 3. The fraction of sp³-hybridized carbons (Fsp3) is 0.679. The molecule has 2 aliphatic carbocycles. The molecule has 10 nitrogen and oxygen atoms in total. The van der Waals surface area contributed by atoms with Crippen molar-refractivity contribution in [2.75, 3.05) is 26.0 Å². The molecule has 6 rings (SSSR count). The Bertz CT molecular complexity index is 1360. The fourth-order valence-electron chi connectivity index (χ4n) is 6.65. The minimum atomic E-state index is -4.73. The molecule has 3 fully saturated rings. The van der Waals surface area contributed by atoms with E-state index in [9.17, 15) is 23.1 Å². The zero-order valence-corrected chi connectivity index (χ0v) is 23.9. The van der Waals surface area contributed by atoms with Gasteiger partial charge in [-0.3, -0.25) is 9.78 Å². The van der Waals surface area contributed by atoms with Crippen molar-refractivity contribution in [2.45, 2.75) is 94.8 Å². The standard InChI is InChI=1S/C28H38F3N7O3/c1-16(2)13-38-21-11-22(36(3)14-19(21)23(35-38)17-9-18(10-17)41-4)24-20(12-32-34-24)33-25(39)37-8-7-27(40,28(29,30)31)15-26(37)5-6-26/h11-12,16-18,40H,5-10,13-15H2,1-4H3,(H,32,34)(H,33,39). The van der Waals surface area contributed by atoms with Crippen LogP contribution in [0.3, 0.4) is 0 Å². The van der Waals surface area contributed by atoms with E-state index in [0.717, 1.165) is 36.5 Å². The highest BCUT2D eigenvalue weighted by molar-refractivity contribution is 5.95. The van der Waals surface area contributed by atoms with Crippen molar-refractivity contribution in [3.8, 4) is 0 Å². The topological polar surface area (TPSA) is 112 Å². The highest BCUT2D eigenvalue weighted by Crippen LogP contribution is 2.55. The summed E-state index contributed by atoms with van der Waals surface area (Å²) in [6.45, 7) is 5.54. The van der Waals surface area contributed by atoms with E-state index < -0.39 is 36.2 Å². The molecule has 2 aromatic rings. The molecule has 0 aromatic carbocycles. The van der Waals surface area contributed by atoms with E-state index in [-0.39, 0.29) is 12.6 Å². The van der Waals surface area contributed by atoms with Crippen molar-refractivity contribution >= 4 is 23.5 Å². The number of fused-ring (bicyclic) bond motifs is 1. The molecule has 2 aromatic heterocycles. The van der Waals surface area contributed by atoms with E-state index >= 15 is 0 Å². The summed E-state index contributed by atoms with van der Waals surface area (Å²) >= 11 is 0. The average molecular weight is 578 g/mol. The highest BCUT2D eigenvalue weighted by atomic mass is 19.4.